The molecule has 9 nitrogen and oxygen atoms in total. The number of nitrogens with one attached hydrogen (secondary N) is 2. The van der Waals surface area contributed by atoms with Crippen LogP contribution in [0, 0.1) is 0 Å². The molecule has 0 rings (SSSR count). The zero-order valence-electron chi connectivity index (χ0n) is 10.8. The number of hydrogen-bond donors (Lipinski definition) is 4. The maximum absolute atomic E-state index is 11.4. The fraction of sp³-hybridized carbons (Fsp3) is 0.700. The molecule has 0 aromatic rings. The molecule has 0 saturated heterocycles. The molecule has 0 saturated carbocycles. The van der Waals surface area contributed by atoms with Crippen LogP contribution < -0.4 is 16.4 Å². The first-order valence-electron chi connectivity index (χ1n) is 5.47. The fourth-order valence-electron chi connectivity index (χ4n) is 1.21. The van der Waals surface area contributed by atoms with Crippen LogP contribution in [0.1, 0.15) is 6.42 Å². The number of ether oxygens (including phenoxy) is 2. The molecule has 0 aromatic heterocycles. The average Bonchev–Trinajstić information content (AvgIpc) is 2.32. The van der Waals surface area contributed by atoms with Gasteiger partial charge in [-0.2, -0.15) is 0 Å². The maximum Gasteiger partial charge on any atom is 0.326 e. The van der Waals surface area contributed by atoms with Crippen molar-refractivity contribution < 1.29 is 29.0 Å². The van der Waals surface area contributed by atoms with Gasteiger partial charge in [0.2, 0.25) is 5.91 Å². The summed E-state index contributed by atoms with van der Waals surface area (Å²) < 4.78 is 9.85. The normalized spacial score (nSPS) is 13.4. The number of amides is 3. The van der Waals surface area contributed by atoms with Gasteiger partial charge in [0.15, 0.2) is 0 Å². The highest BCUT2D eigenvalue weighted by Crippen LogP contribution is 1.92. The monoisotopic (exact) mass is 277 g/mol. The Balaban J connectivity index is 4.19. The molecule has 110 valence electrons. The minimum absolute atomic E-state index is 0.138. The Morgan fingerprint density at radius 3 is 2.37 bits per heavy atom. The molecule has 0 aliphatic rings. The highest BCUT2D eigenvalue weighted by molar-refractivity contribution is 5.87. The van der Waals surface area contributed by atoms with Crippen LogP contribution >= 0.6 is 0 Å². The Labute approximate surface area is 110 Å². The predicted molar refractivity (Wildman–Crippen MR) is 64.4 cm³/mol. The minimum Gasteiger partial charge on any atom is -0.480 e. The third kappa shape index (κ3) is 7.95. The number of primary amides is 1. The smallest absolute Gasteiger partial charge is 0.326 e. The first-order valence-corrected chi connectivity index (χ1v) is 5.47. The Morgan fingerprint density at radius 1 is 1.32 bits per heavy atom. The van der Waals surface area contributed by atoms with Crippen molar-refractivity contribution in [2.24, 2.45) is 5.73 Å². The van der Waals surface area contributed by atoms with Crippen LogP contribution in [-0.2, 0) is 19.1 Å². The van der Waals surface area contributed by atoms with Crippen molar-refractivity contribution in [3.8, 4) is 0 Å². The van der Waals surface area contributed by atoms with Gasteiger partial charge in [0, 0.05) is 20.8 Å². The first-order chi connectivity index (χ1) is 8.90. The quantitative estimate of drug-likeness (QED) is 0.395. The number of methoxy groups -OCH3 is 2. The molecule has 0 aromatic carbocycles. The van der Waals surface area contributed by atoms with E-state index in [4.69, 9.17) is 20.3 Å². The van der Waals surface area contributed by atoms with Crippen LogP contribution in [-0.4, -0.2) is 62.5 Å². The number of urea groups is 1. The van der Waals surface area contributed by atoms with E-state index in [9.17, 15) is 14.4 Å². The van der Waals surface area contributed by atoms with E-state index in [1.807, 2.05) is 0 Å². The lowest BCUT2D eigenvalue weighted by Gasteiger charge is -2.17. The van der Waals surface area contributed by atoms with E-state index in [2.05, 4.69) is 10.6 Å². The van der Waals surface area contributed by atoms with Gasteiger partial charge in [-0.25, -0.2) is 9.59 Å². The van der Waals surface area contributed by atoms with Gasteiger partial charge in [0.25, 0.3) is 0 Å². The molecule has 2 unspecified atom stereocenters. The molecular formula is C10H19N3O6. The first kappa shape index (κ1) is 17.1. The zero-order chi connectivity index (χ0) is 14.8. The molecule has 0 spiro atoms. The van der Waals surface area contributed by atoms with E-state index in [1.165, 1.54) is 14.2 Å². The Morgan fingerprint density at radius 2 is 1.95 bits per heavy atom. The summed E-state index contributed by atoms with van der Waals surface area (Å²) in [5.74, 6) is -2.16. The molecule has 0 aliphatic carbocycles. The molecule has 0 fully saturated rings. The highest BCUT2D eigenvalue weighted by Gasteiger charge is 2.22. The van der Waals surface area contributed by atoms with Gasteiger partial charge in [0.1, 0.15) is 6.04 Å². The lowest BCUT2D eigenvalue weighted by atomic mass is 10.2. The molecule has 9 heteroatoms. The summed E-state index contributed by atoms with van der Waals surface area (Å²) in [6.45, 7) is 0.416. The van der Waals surface area contributed by atoms with E-state index in [-0.39, 0.29) is 19.3 Å². The van der Waals surface area contributed by atoms with Crippen molar-refractivity contribution in [2.45, 2.75) is 18.6 Å². The number of carbonyl (C=O) groups is 3. The van der Waals surface area contributed by atoms with E-state index < -0.39 is 30.4 Å². The van der Waals surface area contributed by atoms with Crippen molar-refractivity contribution in [3.63, 3.8) is 0 Å². The number of hydrogen-bond acceptors (Lipinski definition) is 5. The third-order valence-corrected chi connectivity index (χ3v) is 2.18. The summed E-state index contributed by atoms with van der Waals surface area (Å²) in [4.78, 5) is 32.8. The number of carboxylic acids is 1. The van der Waals surface area contributed by atoms with Crippen molar-refractivity contribution in [1.29, 1.82) is 0 Å². The molecule has 3 amide bonds. The SMILES string of the molecule is COCC(CNC(=O)NC(CC(N)=O)C(=O)O)OC. The predicted octanol–water partition coefficient (Wildman–Crippen LogP) is -1.72. The van der Waals surface area contributed by atoms with Crippen molar-refractivity contribution in [3.05, 3.63) is 0 Å². The molecule has 0 radical (unpaired) electrons. The second kappa shape index (κ2) is 9.11. The lowest BCUT2D eigenvalue weighted by molar-refractivity contribution is -0.140. The average molecular weight is 277 g/mol. The summed E-state index contributed by atoms with van der Waals surface area (Å²) in [6, 6.07) is -2.09. The van der Waals surface area contributed by atoms with Gasteiger partial charge in [-0.15, -0.1) is 0 Å². The van der Waals surface area contributed by atoms with Crippen LogP contribution in [0.3, 0.4) is 0 Å². The number of carbonyl (C=O) groups excluding carboxylic acids is 2. The number of nitrogens with two attached hydrogens (primary N) is 1. The summed E-state index contributed by atoms with van der Waals surface area (Å²) in [5, 5.41) is 13.3. The van der Waals surface area contributed by atoms with E-state index in [1.54, 1.807) is 0 Å². The molecule has 5 N–H and O–H groups in total. The minimum atomic E-state index is -1.36. The Hall–Kier alpha value is -1.87. The summed E-state index contributed by atoms with van der Waals surface area (Å²) >= 11 is 0. The van der Waals surface area contributed by atoms with Crippen LogP contribution in [0.2, 0.25) is 0 Å². The summed E-state index contributed by atoms with van der Waals surface area (Å²) in [7, 11) is 2.94. The van der Waals surface area contributed by atoms with Gasteiger partial charge < -0.3 is 30.9 Å². The molecule has 0 heterocycles. The zero-order valence-corrected chi connectivity index (χ0v) is 10.8. The largest absolute Gasteiger partial charge is 0.480 e. The van der Waals surface area contributed by atoms with Gasteiger partial charge in [-0.05, 0) is 0 Å². The molecule has 2 atom stereocenters. The molecule has 0 bridgehead atoms. The maximum atomic E-state index is 11.4. The van der Waals surface area contributed by atoms with Crippen molar-refractivity contribution in [1.82, 2.24) is 10.6 Å². The Kier molecular flexibility index (Phi) is 8.22. The van der Waals surface area contributed by atoms with Crippen molar-refractivity contribution in [2.75, 3.05) is 27.4 Å². The number of carboxylic acid groups (broad SMARTS) is 1. The van der Waals surface area contributed by atoms with Gasteiger partial charge in [-0.3, -0.25) is 4.79 Å². The number of rotatable bonds is 9. The van der Waals surface area contributed by atoms with Crippen LogP contribution in [0.5, 0.6) is 0 Å². The van der Waals surface area contributed by atoms with Gasteiger partial charge in [-0.1, -0.05) is 0 Å². The fourth-order valence-corrected chi connectivity index (χ4v) is 1.21. The van der Waals surface area contributed by atoms with E-state index in [0.29, 0.717) is 0 Å². The summed E-state index contributed by atoms with van der Waals surface area (Å²) in [6.07, 6.45) is -0.829. The van der Waals surface area contributed by atoms with Gasteiger partial charge >= 0.3 is 12.0 Å². The third-order valence-electron chi connectivity index (χ3n) is 2.18. The van der Waals surface area contributed by atoms with Crippen molar-refractivity contribution >= 4 is 17.9 Å². The molecule has 19 heavy (non-hydrogen) atoms. The standard InChI is InChI=1S/C10H19N3O6/c1-18-5-6(19-2)4-12-10(17)13-7(9(15)16)3-8(11)14/h6-7H,3-5H2,1-2H3,(H2,11,14)(H,15,16)(H2,12,13,17). The van der Waals surface area contributed by atoms with Gasteiger partial charge in [0.05, 0.1) is 19.1 Å². The topological polar surface area (TPSA) is 140 Å². The highest BCUT2D eigenvalue weighted by atomic mass is 16.5. The van der Waals surface area contributed by atoms with Crippen LogP contribution in [0.4, 0.5) is 4.79 Å². The van der Waals surface area contributed by atoms with Crippen LogP contribution in [0.15, 0.2) is 0 Å². The lowest BCUT2D eigenvalue weighted by Crippen LogP contribution is -2.49. The molecular weight excluding hydrogens is 258 g/mol. The van der Waals surface area contributed by atoms with Crippen LogP contribution in [0.25, 0.3) is 0 Å². The second-order valence-corrected chi connectivity index (χ2v) is 3.73. The van der Waals surface area contributed by atoms with E-state index in [0.717, 1.165) is 0 Å². The number of aliphatic carboxylic acids is 1. The van der Waals surface area contributed by atoms with E-state index >= 15 is 0 Å². The summed E-state index contributed by atoms with van der Waals surface area (Å²) in [5.41, 5.74) is 4.88. The molecule has 0 aliphatic heterocycles. The second-order valence-electron chi connectivity index (χ2n) is 3.73. The Bertz CT molecular complexity index is 322.